The van der Waals surface area contributed by atoms with E-state index in [-0.39, 0.29) is 5.97 Å². The van der Waals surface area contributed by atoms with Gasteiger partial charge in [-0.15, -0.1) is 0 Å². The number of esters is 1. The first-order valence-corrected chi connectivity index (χ1v) is 6.40. The maximum Gasteiger partial charge on any atom is 0.316 e. The highest BCUT2D eigenvalue weighted by Gasteiger charge is 2.42. The van der Waals surface area contributed by atoms with E-state index < -0.39 is 5.41 Å². The minimum absolute atomic E-state index is 0.183. The summed E-state index contributed by atoms with van der Waals surface area (Å²) >= 11 is 12.0. The molecule has 0 aromatic heterocycles. The molecule has 1 atom stereocenters. The van der Waals surface area contributed by atoms with Gasteiger partial charge in [0.1, 0.15) is 0 Å². The van der Waals surface area contributed by atoms with E-state index in [0.717, 1.165) is 24.0 Å². The Morgan fingerprint density at radius 3 is 2.71 bits per heavy atom. The van der Waals surface area contributed by atoms with E-state index in [4.69, 9.17) is 27.9 Å². The van der Waals surface area contributed by atoms with E-state index in [0.29, 0.717) is 16.7 Å². The van der Waals surface area contributed by atoms with Crippen molar-refractivity contribution in [2.45, 2.75) is 32.1 Å². The fraction of sp³-hybridized carbons (Fsp3) is 0.462. The number of aryl methyl sites for hydroxylation is 1. The average molecular weight is 273 g/mol. The summed E-state index contributed by atoms with van der Waals surface area (Å²) in [6, 6.07) is 3.65. The molecule has 0 heterocycles. The van der Waals surface area contributed by atoms with Gasteiger partial charge in [0.15, 0.2) is 0 Å². The van der Waals surface area contributed by atoms with Gasteiger partial charge in [0.2, 0.25) is 0 Å². The molecule has 2 nitrogen and oxygen atoms in total. The van der Waals surface area contributed by atoms with Crippen LogP contribution in [0.5, 0.6) is 0 Å². The van der Waals surface area contributed by atoms with Crippen LogP contribution in [0.4, 0.5) is 0 Å². The molecule has 0 saturated carbocycles. The van der Waals surface area contributed by atoms with Crippen LogP contribution in [0.3, 0.4) is 0 Å². The van der Waals surface area contributed by atoms with E-state index in [1.54, 1.807) is 6.07 Å². The van der Waals surface area contributed by atoms with Crippen LogP contribution < -0.4 is 0 Å². The molecular formula is C13H14Cl2O2. The summed E-state index contributed by atoms with van der Waals surface area (Å²) in [5.41, 5.74) is 1.46. The Morgan fingerprint density at radius 2 is 2.06 bits per heavy atom. The standard InChI is InChI=1S/C13H14Cl2O2/c1-3-17-12(16)13(2)5-4-8-6-10(14)11(15)7-9(8)13/h6-7H,3-5H2,1-2H3. The van der Waals surface area contributed by atoms with E-state index in [9.17, 15) is 4.79 Å². The van der Waals surface area contributed by atoms with Crippen LogP contribution >= 0.6 is 23.2 Å². The first-order chi connectivity index (χ1) is 7.99. The SMILES string of the molecule is CCOC(=O)C1(C)CCc2cc(Cl)c(Cl)cc21. The molecule has 0 amide bonds. The lowest BCUT2D eigenvalue weighted by atomic mass is 9.84. The lowest BCUT2D eigenvalue weighted by Crippen LogP contribution is -2.32. The maximum absolute atomic E-state index is 12.0. The van der Waals surface area contributed by atoms with Crippen molar-refractivity contribution < 1.29 is 9.53 Å². The predicted molar refractivity (Wildman–Crippen MR) is 68.8 cm³/mol. The largest absolute Gasteiger partial charge is 0.465 e. The predicted octanol–water partition coefficient (Wildman–Crippen LogP) is 3.76. The van der Waals surface area contributed by atoms with Crippen molar-refractivity contribution in [3.8, 4) is 0 Å². The van der Waals surface area contributed by atoms with Gasteiger partial charge in [-0.1, -0.05) is 23.2 Å². The molecule has 0 saturated heterocycles. The minimum atomic E-state index is -0.584. The van der Waals surface area contributed by atoms with E-state index in [1.165, 1.54) is 0 Å². The third kappa shape index (κ3) is 2.04. The summed E-state index contributed by atoms with van der Waals surface area (Å²) in [5.74, 6) is -0.183. The lowest BCUT2D eigenvalue weighted by Gasteiger charge is -2.23. The van der Waals surface area contributed by atoms with Gasteiger partial charge in [0.25, 0.3) is 0 Å². The number of halogens is 2. The van der Waals surface area contributed by atoms with E-state index in [2.05, 4.69) is 0 Å². The number of ether oxygens (including phenoxy) is 1. The van der Waals surface area contributed by atoms with Crippen LogP contribution in [0.2, 0.25) is 10.0 Å². The summed E-state index contributed by atoms with van der Waals surface area (Å²) in [6.45, 7) is 4.11. The van der Waals surface area contributed by atoms with Crippen molar-refractivity contribution in [2.24, 2.45) is 0 Å². The molecule has 1 aliphatic rings. The van der Waals surface area contributed by atoms with Crippen LogP contribution in [0.1, 0.15) is 31.4 Å². The van der Waals surface area contributed by atoms with E-state index >= 15 is 0 Å². The number of fused-ring (bicyclic) bond motifs is 1. The van der Waals surface area contributed by atoms with Gasteiger partial charge in [0, 0.05) is 0 Å². The third-order valence-electron chi connectivity index (χ3n) is 3.36. The van der Waals surface area contributed by atoms with Crippen molar-refractivity contribution in [1.29, 1.82) is 0 Å². The Balaban J connectivity index is 2.45. The van der Waals surface area contributed by atoms with Gasteiger partial charge in [-0.05, 0) is 49.9 Å². The molecule has 4 heteroatoms. The molecular weight excluding hydrogens is 259 g/mol. The van der Waals surface area contributed by atoms with Gasteiger partial charge in [-0.3, -0.25) is 4.79 Å². The second-order valence-electron chi connectivity index (χ2n) is 4.48. The summed E-state index contributed by atoms with van der Waals surface area (Å²) in [5, 5.41) is 1.03. The number of rotatable bonds is 2. The number of carbonyl (C=O) groups is 1. The van der Waals surface area contributed by atoms with Crippen molar-refractivity contribution >= 4 is 29.2 Å². The summed E-state index contributed by atoms with van der Waals surface area (Å²) in [4.78, 5) is 12.0. The monoisotopic (exact) mass is 272 g/mol. The first-order valence-electron chi connectivity index (χ1n) is 5.64. The fourth-order valence-corrected chi connectivity index (χ4v) is 2.68. The molecule has 1 aliphatic carbocycles. The minimum Gasteiger partial charge on any atom is -0.465 e. The number of carbonyl (C=O) groups excluding carboxylic acids is 1. The van der Waals surface area contributed by atoms with Gasteiger partial charge < -0.3 is 4.74 Å². The van der Waals surface area contributed by atoms with E-state index in [1.807, 2.05) is 19.9 Å². The summed E-state index contributed by atoms with van der Waals surface area (Å²) in [6.07, 6.45) is 1.58. The first kappa shape index (κ1) is 12.7. The molecule has 0 bridgehead atoms. The lowest BCUT2D eigenvalue weighted by molar-refractivity contribution is -0.149. The molecule has 92 valence electrons. The Labute approximate surface area is 111 Å². The highest BCUT2D eigenvalue weighted by Crippen LogP contribution is 2.42. The molecule has 0 aliphatic heterocycles. The molecule has 0 N–H and O–H groups in total. The molecule has 1 aromatic carbocycles. The summed E-state index contributed by atoms with van der Waals surface area (Å²) < 4.78 is 5.14. The normalized spacial score (nSPS) is 22.4. The molecule has 2 rings (SSSR count). The van der Waals surface area contributed by atoms with Gasteiger partial charge in [-0.2, -0.15) is 0 Å². The quantitative estimate of drug-likeness (QED) is 0.767. The van der Waals surface area contributed by atoms with Crippen LogP contribution in [0.25, 0.3) is 0 Å². The Hall–Kier alpha value is -0.730. The second kappa shape index (κ2) is 4.51. The third-order valence-corrected chi connectivity index (χ3v) is 4.08. The maximum atomic E-state index is 12.0. The Bertz CT molecular complexity index is 471. The highest BCUT2D eigenvalue weighted by molar-refractivity contribution is 6.42. The zero-order valence-corrected chi connectivity index (χ0v) is 11.4. The fourth-order valence-electron chi connectivity index (χ4n) is 2.33. The Morgan fingerprint density at radius 1 is 1.41 bits per heavy atom. The molecule has 0 spiro atoms. The smallest absolute Gasteiger partial charge is 0.316 e. The second-order valence-corrected chi connectivity index (χ2v) is 5.29. The molecule has 17 heavy (non-hydrogen) atoms. The van der Waals surface area contributed by atoms with Crippen LogP contribution in [0.15, 0.2) is 12.1 Å². The van der Waals surface area contributed by atoms with Gasteiger partial charge in [-0.25, -0.2) is 0 Å². The van der Waals surface area contributed by atoms with Crippen molar-refractivity contribution in [3.63, 3.8) is 0 Å². The van der Waals surface area contributed by atoms with Crippen molar-refractivity contribution in [2.75, 3.05) is 6.61 Å². The zero-order chi connectivity index (χ0) is 12.6. The summed E-state index contributed by atoms with van der Waals surface area (Å²) in [7, 11) is 0. The molecule has 1 aromatic rings. The van der Waals surface area contributed by atoms with Crippen LogP contribution in [-0.4, -0.2) is 12.6 Å². The van der Waals surface area contributed by atoms with Crippen LogP contribution in [0, 0.1) is 0 Å². The molecule has 0 radical (unpaired) electrons. The number of benzene rings is 1. The molecule has 0 fully saturated rings. The number of hydrogen-bond donors (Lipinski definition) is 0. The topological polar surface area (TPSA) is 26.3 Å². The van der Waals surface area contributed by atoms with Gasteiger partial charge in [0.05, 0.1) is 22.1 Å². The van der Waals surface area contributed by atoms with Crippen LogP contribution in [-0.2, 0) is 21.4 Å². The molecule has 1 unspecified atom stereocenters. The average Bonchev–Trinajstić information content (AvgIpc) is 2.59. The Kier molecular flexibility index (Phi) is 3.37. The van der Waals surface area contributed by atoms with Gasteiger partial charge >= 0.3 is 5.97 Å². The zero-order valence-electron chi connectivity index (χ0n) is 9.85. The highest BCUT2D eigenvalue weighted by atomic mass is 35.5. The van der Waals surface area contributed by atoms with Crippen molar-refractivity contribution in [3.05, 3.63) is 33.3 Å². The van der Waals surface area contributed by atoms with Crippen molar-refractivity contribution in [1.82, 2.24) is 0 Å². The number of hydrogen-bond acceptors (Lipinski definition) is 2.